The normalized spacial score (nSPS) is 13.8. The van der Waals surface area contributed by atoms with E-state index in [4.69, 9.17) is 9.72 Å². The second-order valence-corrected chi connectivity index (χ2v) is 6.56. The summed E-state index contributed by atoms with van der Waals surface area (Å²) in [6, 6.07) is 8.17. The fourth-order valence-electron chi connectivity index (χ4n) is 2.39. The number of hydrogen-bond acceptors (Lipinski definition) is 5. The molecule has 0 saturated carbocycles. The number of benzene rings is 1. The molecule has 1 aromatic carbocycles. The van der Waals surface area contributed by atoms with Crippen molar-refractivity contribution in [3.05, 3.63) is 39.8 Å². The first-order valence-corrected chi connectivity index (χ1v) is 8.12. The summed E-state index contributed by atoms with van der Waals surface area (Å²) in [6.45, 7) is 2.69. The molecule has 1 N–H and O–H groups in total. The highest BCUT2D eigenvalue weighted by molar-refractivity contribution is 7.11. The summed E-state index contributed by atoms with van der Waals surface area (Å²) in [7, 11) is 4.07. The first-order chi connectivity index (χ1) is 10.2. The quantitative estimate of drug-likeness (QED) is 0.921. The molecule has 0 spiro atoms. The maximum Gasteiger partial charge on any atom is 0.121 e. The van der Waals surface area contributed by atoms with Crippen LogP contribution in [0.3, 0.4) is 0 Å². The zero-order valence-electron chi connectivity index (χ0n) is 12.6. The van der Waals surface area contributed by atoms with E-state index in [-0.39, 0.29) is 0 Å². The van der Waals surface area contributed by atoms with Crippen molar-refractivity contribution in [1.82, 2.24) is 10.3 Å². The SMILES string of the molecule is CN(C)c1cccc(OCCc2nc3c(s2)CNCC3)c1. The van der Waals surface area contributed by atoms with Crippen molar-refractivity contribution in [3.8, 4) is 5.75 Å². The lowest BCUT2D eigenvalue weighted by atomic mass is 10.2. The number of nitrogens with zero attached hydrogens (tertiary/aromatic N) is 2. The van der Waals surface area contributed by atoms with Gasteiger partial charge in [-0.1, -0.05) is 6.07 Å². The Morgan fingerprint density at radius 3 is 3.10 bits per heavy atom. The molecule has 0 amide bonds. The van der Waals surface area contributed by atoms with Gasteiger partial charge in [0, 0.05) is 56.7 Å². The Hall–Kier alpha value is -1.59. The summed E-state index contributed by atoms with van der Waals surface area (Å²) in [5, 5.41) is 4.57. The molecule has 21 heavy (non-hydrogen) atoms. The minimum absolute atomic E-state index is 0.677. The van der Waals surface area contributed by atoms with E-state index in [1.54, 1.807) is 0 Å². The van der Waals surface area contributed by atoms with Crippen LogP contribution in [-0.2, 0) is 19.4 Å². The van der Waals surface area contributed by atoms with Crippen LogP contribution in [0.15, 0.2) is 24.3 Å². The molecular weight excluding hydrogens is 282 g/mol. The molecule has 0 unspecified atom stereocenters. The largest absolute Gasteiger partial charge is 0.493 e. The Morgan fingerprint density at radius 2 is 2.29 bits per heavy atom. The first-order valence-electron chi connectivity index (χ1n) is 7.31. The van der Waals surface area contributed by atoms with Crippen molar-refractivity contribution in [3.63, 3.8) is 0 Å². The molecule has 1 aromatic heterocycles. The van der Waals surface area contributed by atoms with Crippen LogP contribution in [0.4, 0.5) is 5.69 Å². The highest BCUT2D eigenvalue weighted by Crippen LogP contribution is 2.23. The van der Waals surface area contributed by atoms with Crippen LogP contribution < -0.4 is 15.0 Å². The number of thiazole rings is 1. The van der Waals surface area contributed by atoms with E-state index in [1.165, 1.54) is 15.6 Å². The van der Waals surface area contributed by atoms with Gasteiger partial charge < -0.3 is 15.0 Å². The number of ether oxygens (including phenoxy) is 1. The molecule has 112 valence electrons. The maximum atomic E-state index is 5.86. The fraction of sp³-hybridized carbons (Fsp3) is 0.438. The molecule has 0 aliphatic carbocycles. The summed E-state index contributed by atoms with van der Waals surface area (Å²) in [5.74, 6) is 0.921. The Kier molecular flexibility index (Phi) is 4.41. The second-order valence-electron chi connectivity index (χ2n) is 5.39. The Morgan fingerprint density at radius 1 is 1.38 bits per heavy atom. The van der Waals surface area contributed by atoms with Crippen LogP contribution in [0.1, 0.15) is 15.6 Å². The van der Waals surface area contributed by atoms with Gasteiger partial charge in [-0.25, -0.2) is 4.98 Å². The van der Waals surface area contributed by atoms with Gasteiger partial charge in [0.05, 0.1) is 17.3 Å². The van der Waals surface area contributed by atoms with Crippen molar-refractivity contribution >= 4 is 17.0 Å². The zero-order valence-corrected chi connectivity index (χ0v) is 13.4. The highest BCUT2D eigenvalue weighted by Gasteiger charge is 2.14. The topological polar surface area (TPSA) is 37.4 Å². The highest BCUT2D eigenvalue weighted by atomic mass is 32.1. The molecule has 1 aliphatic heterocycles. The third kappa shape index (κ3) is 3.54. The minimum atomic E-state index is 0.677. The number of aromatic nitrogens is 1. The van der Waals surface area contributed by atoms with Crippen LogP contribution in [0, 0.1) is 0 Å². The van der Waals surface area contributed by atoms with E-state index in [0.717, 1.165) is 37.4 Å². The minimum Gasteiger partial charge on any atom is -0.493 e. The van der Waals surface area contributed by atoms with Crippen molar-refractivity contribution in [2.45, 2.75) is 19.4 Å². The van der Waals surface area contributed by atoms with E-state index in [2.05, 4.69) is 22.3 Å². The van der Waals surface area contributed by atoms with Crippen LogP contribution in [0.2, 0.25) is 0 Å². The molecule has 2 aromatic rings. The number of fused-ring (bicyclic) bond motifs is 1. The van der Waals surface area contributed by atoms with Gasteiger partial charge in [0.2, 0.25) is 0 Å². The third-order valence-electron chi connectivity index (χ3n) is 3.57. The predicted octanol–water partition coefficient (Wildman–Crippen LogP) is 2.48. The predicted molar refractivity (Wildman–Crippen MR) is 87.5 cm³/mol. The van der Waals surface area contributed by atoms with Gasteiger partial charge in [-0.2, -0.15) is 0 Å². The van der Waals surface area contributed by atoms with Crippen molar-refractivity contribution < 1.29 is 4.74 Å². The lowest BCUT2D eigenvalue weighted by Crippen LogP contribution is -2.22. The molecule has 0 fully saturated rings. The Balaban J connectivity index is 1.56. The Labute approximate surface area is 129 Å². The van der Waals surface area contributed by atoms with Crippen LogP contribution in [0.25, 0.3) is 0 Å². The molecule has 0 atom stereocenters. The average molecular weight is 303 g/mol. The monoisotopic (exact) mass is 303 g/mol. The fourth-order valence-corrected chi connectivity index (χ4v) is 3.46. The smallest absolute Gasteiger partial charge is 0.121 e. The van der Waals surface area contributed by atoms with E-state index >= 15 is 0 Å². The van der Waals surface area contributed by atoms with Crippen molar-refractivity contribution in [1.29, 1.82) is 0 Å². The van der Waals surface area contributed by atoms with Crippen LogP contribution in [-0.4, -0.2) is 32.2 Å². The second kappa shape index (κ2) is 6.45. The number of hydrogen-bond donors (Lipinski definition) is 1. The van der Waals surface area contributed by atoms with Gasteiger partial charge >= 0.3 is 0 Å². The molecule has 0 saturated heterocycles. The standard InChI is InChI=1S/C16H21N3OS/c1-19(2)12-4-3-5-13(10-12)20-9-7-16-18-14-6-8-17-11-15(14)21-16/h3-5,10,17H,6-9,11H2,1-2H3. The van der Waals surface area contributed by atoms with Crippen LogP contribution >= 0.6 is 11.3 Å². The number of nitrogens with one attached hydrogen (secondary N) is 1. The van der Waals surface area contributed by atoms with Gasteiger partial charge in [-0.05, 0) is 12.1 Å². The lowest BCUT2D eigenvalue weighted by Gasteiger charge is -2.13. The number of rotatable bonds is 5. The molecule has 3 rings (SSSR count). The molecule has 0 bridgehead atoms. The first kappa shape index (κ1) is 14.4. The average Bonchev–Trinajstić information content (AvgIpc) is 2.90. The van der Waals surface area contributed by atoms with Gasteiger partial charge in [-0.3, -0.25) is 0 Å². The summed E-state index contributed by atoms with van der Waals surface area (Å²) < 4.78 is 5.86. The lowest BCUT2D eigenvalue weighted by molar-refractivity contribution is 0.322. The number of anilines is 1. The summed E-state index contributed by atoms with van der Waals surface area (Å²) in [4.78, 5) is 8.19. The van der Waals surface area contributed by atoms with Crippen molar-refractivity contribution in [2.75, 3.05) is 32.1 Å². The van der Waals surface area contributed by atoms with Gasteiger partial charge in [0.15, 0.2) is 0 Å². The summed E-state index contributed by atoms with van der Waals surface area (Å²) in [5.41, 5.74) is 2.44. The van der Waals surface area contributed by atoms with Gasteiger partial charge in [0.1, 0.15) is 5.75 Å². The van der Waals surface area contributed by atoms with E-state index < -0.39 is 0 Å². The van der Waals surface area contributed by atoms with E-state index in [0.29, 0.717) is 6.61 Å². The molecular formula is C16H21N3OS. The molecule has 2 heterocycles. The molecule has 4 nitrogen and oxygen atoms in total. The summed E-state index contributed by atoms with van der Waals surface area (Å²) in [6.07, 6.45) is 1.93. The third-order valence-corrected chi connectivity index (χ3v) is 4.72. The van der Waals surface area contributed by atoms with Gasteiger partial charge in [0.25, 0.3) is 0 Å². The molecule has 5 heteroatoms. The molecule has 1 aliphatic rings. The summed E-state index contributed by atoms with van der Waals surface area (Å²) >= 11 is 1.82. The Bertz CT molecular complexity index is 586. The van der Waals surface area contributed by atoms with Gasteiger partial charge in [-0.15, -0.1) is 11.3 Å². The molecule has 0 radical (unpaired) electrons. The van der Waals surface area contributed by atoms with E-state index in [9.17, 15) is 0 Å². The maximum absolute atomic E-state index is 5.86. The zero-order chi connectivity index (χ0) is 14.7. The van der Waals surface area contributed by atoms with Crippen molar-refractivity contribution in [2.24, 2.45) is 0 Å². The van der Waals surface area contributed by atoms with E-state index in [1.807, 2.05) is 37.6 Å². The van der Waals surface area contributed by atoms with Crippen LogP contribution in [0.5, 0.6) is 5.75 Å².